The summed E-state index contributed by atoms with van der Waals surface area (Å²) < 4.78 is 0. The van der Waals surface area contributed by atoms with E-state index in [-0.39, 0.29) is 17.3 Å². The Morgan fingerprint density at radius 1 is 1.10 bits per heavy atom. The van der Waals surface area contributed by atoms with Crippen LogP contribution in [0.15, 0.2) is 42.5 Å². The zero-order valence-electron chi connectivity index (χ0n) is 11.3. The Kier molecular flexibility index (Phi) is 4.03. The molecule has 0 aliphatic rings. The fourth-order valence-electron chi connectivity index (χ4n) is 1.81. The van der Waals surface area contributed by atoms with Gasteiger partial charge in [0.2, 0.25) is 5.91 Å². The summed E-state index contributed by atoms with van der Waals surface area (Å²) in [5, 5.41) is 16.4. The van der Waals surface area contributed by atoms with Crippen LogP contribution < -0.4 is 16.4 Å². The third kappa shape index (κ3) is 3.69. The molecule has 108 valence electrons. The molecule has 7 nitrogen and oxygen atoms in total. The van der Waals surface area contributed by atoms with Gasteiger partial charge in [-0.1, -0.05) is 0 Å². The van der Waals surface area contributed by atoms with E-state index in [0.29, 0.717) is 11.4 Å². The number of nitrogen functional groups attached to an aromatic ring is 1. The Balaban J connectivity index is 2.13. The highest BCUT2D eigenvalue weighted by Gasteiger charge is 2.11. The molecular formula is C14H14N4O3. The van der Waals surface area contributed by atoms with Crippen molar-refractivity contribution in [1.82, 2.24) is 0 Å². The summed E-state index contributed by atoms with van der Waals surface area (Å²) in [5.74, 6) is -0.140. The topological polar surface area (TPSA) is 110 Å². The number of hydrogen-bond acceptors (Lipinski definition) is 5. The average Bonchev–Trinajstić information content (AvgIpc) is 2.40. The first-order chi connectivity index (χ1) is 9.95. The number of carbonyl (C=O) groups excluding carboxylic acids is 1. The number of carbonyl (C=O) groups is 1. The van der Waals surface area contributed by atoms with Crippen LogP contribution in [-0.4, -0.2) is 10.8 Å². The van der Waals surface area contributed by atoms with E-state index in [0.717, 1.165) is 5.69 Å². The van der Waals surface area contributed by atoms with Crippen molar-refractivity contribution in [3.05, 3.63) is 52.6 Å². The van der Waals surface area contributed by atoms with Crippen LogP contribution in [0.2, 0.25) is 0 Å². The molecule has 0 atom stereocenters. The van der Waals surface area contributed by atoms with Crippen LogP contribution in [0.4, 0.5) is 28.4 Å². The smallest absolute Gasteiger partial charge is 0.292 e. The third-order valence-corrected chi connectivity index (χ3v) is 2.72. The molecule has 2 aromatic carbocycles. The lowest BCUT2D eigenvalue weighted by molar-refractivity contribution is -0.383. The Bertz CT molecular complexity index is 683. The first-order valence-corrected chi connectivity index (χ1v) is 6.14. The van der Waals surface area contributed by atoms with E-state index in [2.05, 4.69) is 10.6 Å². The number of benzene rings is 2. The number of rotatable bonds is 4. The van der Waals surface area contributed by atoms with Gasteiger partial charge < -0.3 is 16.4 Å². The largest absolute Gasteiger partial charge is 0.393 e. The van der Waals surface area contributed by atoms with E-state index in [9.17, 15) is 14.9 Å². The zero-order chi connectivity index (χ0) is 15.4. The summed E-state index contributed by atoms with van der Waals surface area (Å²) in [5.41, 5.74) is 7.71. The van der Waals surface area contributed by atoms with Crippen molar-refractivity contribution >= 4 is 34.3 Å². The SMILES string of the molecule is CC(=O)Nc1ccc(Nc2ccc([N+](=O)[O-])c(N)c2)cc1. The minimum Gasteiger partial charge on any atom is -0.393 e. The molecule has 0 saturated carbocycles. The first-order valence-electron chi connectivity index (χ1n) is 6.14. The van der Waals surface area contributed by atoms with Gasteiger partial charge in [-0.25, -0.2) is 0 Å². The van der Waals surface area contributed by atoms with Crippen molar-refractivity contribution in [1.29, 1.82) is 0 Å². The summed E-state index contributed by atoms with van der Waals surface area (Å²) in [4.78, 5) is 21.1. The van der Waals surface area contributed by atoms with Crippen LogP contribution in [-0.2, 0) is 4.79 Å². The van der Waals surface area contributed by atoms with Crippen LogP contribution in [0.3, 0.4) is 0 Å². The standard InChI is InChI=1S/C14H14N4O3/c1-9(19)16-10-2-4-11(5-3-10)17-12-6-7-14(18(20)21)13(15)8-12/h2-8,17H,15H2,1H3,(H,16,19). The molecule has 0 radical (unpaired) electrons. The van der Waals surface area contributed by atoms with Crippen molar-refractivity contribution in [3.63, 3.8) is 0 Å². The highest BCUT2D eigenvalue weighted by Crippen LogP contribution is 2.27. The van der Waals surface area contributed by atoms with Crippen molar-refractivity contribution < 1.29 is 9.72 Å². The molecule has 4 N–H and O–H groups in total. The molecule has 7 heteroatoms. The van der Waals surface area contributed by atoms with Crippen LogP contribution in [0, 0.1) is 10.1 Å². The fraction of sp³-hybridized carbons (Fsp3) is 0.0714. The second kappa shape index (κ2) is 5.91. The molecule has 0 heterocycles. The molecule has 0 unspecified atom stereocenters. The van der Waals surface area contributed by atoms with Crippen molar-refractivity contribution in [2.75, 3.05) is 16.4 Å². The Morgan fingerprint density at radius 2 is 1.67 bits per heavy atom. The van der Waals surface area contributed by atoms with E-state index in [1.54, 1.807) is 30.3 Å². The number of nitro groups is 1. The molecule has 0 aromatic heterocycles. The Labute approximate surface area is 120 Å². The summed E-state index contributed by atoms with van der Waals surface area (Å²) in [7, 11) is 0. The van der Waals surface area contributed by atoms with Gasteiger partial charge in [-0.05, 0) is 36.4 Å². The maximum absolute atomic E-state index is 10.9. The molecule has 2 rings (SSSR count). The van der Waals surface area contributed by atoms with Gasteiger partial charge in [-0.15, -0.1) is 0 Å². The van der Waals surface area contributed by atoms with Crippen LogP contribution in [0.1, 0.15) is 6.92 Å². The van der Waals surface area contributed by atoms with Crippen LogP contribution in [0.25, 0.3) is 0 Å². The summed E-state index contributed by atoms with van der Waals surface area (Å²) >= 11 is 0. The third-order valence-electron chi connectivity index (χ3n) is 2.72. The first kappa shape index (κ1) is 14.3. The van der Waals surface area contributed by atoms with Gasteiger partial charge in [0.1, 0.15) is 5.69 Å². The predicted octanol–water partition coefficient (Wildman–Crippen LogP) is 2.88. The second-order valence-electron chi connectivity index (χ2n) is 4.41. The molecule has 0 fully saturated rings. The lowest BCUT2D eigenvalue weighted by atomic mass is 10.2. The molecule has 0 bridgehead atoms. The average molecular weight is 286 g/mol. The summed E-state index contributed by atoms with van der Waals surface area (Å²) in [6.45, 7) is 1.44. The van der Waals surface area contributed by atoms with E-state index < -0.39 is 4.92 Å². The van der Waals surface area contributed by atoms with Gasteiger partial charge in [-0.2, -0.15) is 0 Å². The van der Waals surface area contributed by atoms with Gasteiger partial charge in [0.15, 0.2) is 0 Å². The number of nitro benzene ring substituents is 1. The second-order valence-corrected chi connectivity index (χ2v) is 4.41. The summed E-state index contributed by atoms with van der Waals surface area (Å²) in [6, 6.07) is 11.5. The van der Waals surface area contributed by atoms with Gasteiger partial charge in [0.25, 0.3) is 5.69 Å². The van der Waals surface area contributed by atoms with Crippen molar-refractivity contribution in [3.8, 4) is 0 Å². The van der Waals surface area contributed by atoms with Gasteiger partial charge in [0, 0.05) is 30.1 Å². The minimum absolute atomic E-state index is 0.0971. The molecule has 2 aromatic rings. The maximum atomic E-state index is 10.9. The zero-order valence-corrected chi connectivity index (χ0v) is 11.3. The molecular weight excluding hydrogens is 272 g/mol. The highest BCUT2D eigenvalue weighted by molar-refractivity contribution is 5.88. The van der Waals surface area contributed by atoms with Crippen LogP contribution in [0.5, 0.6) is 0 Å². The minimum atomic E-state index is -0.526. The van der Waals surface area contributed by atoms with Gasteiger partial charge in [-0.3, -0.25) is 14.9 Å². The Morgan fingerprint density at radius 3 is 2.19 bits per heavy atom. The maximum Gasteiger partial charge on any atom is 0.292 e. The number of nitrogens with two attached hydrogens (primary N) is 1. The predicted molar refractivity (Wildman–Crippen MR) is 81.5 cm³/mol. The number of anilines is 4. The number of nitrogens with one attached hydrogen (secondary N) is 2. The van der Waals surface area contributed by atoms with E-state index >= 15 is 0 Å². The number of nitrogens with zero attached hydrogens (tertiary/aromatic N) is 1. The van der Waals surface area contributed by atoms with Crippen molar-refractivity contribution in [2.24, 2.45) is 0 Å². The molecule has 21 heavy (non-hydrogen) atoms. The molecule has 1 amide bonds. The van der Waals surface area contributed by atoms with E-state index in [1.807, 2.05) is 0 Å². The quantitative estimate of drug-likeness (QED) is 0.454. The van der Waals surface area contributed by atoms with Crippen molar-refractivity contribution in [2.45, 2.75) is 6.92 Å². The number of hydrogen-bond donors (Lipinski definition) is 3. The Hall–Kier alpha value is -3.09. The number of amides is 1. The summed E-state index contributed by atoms with van der Waals surface area (Å²) in [6.07, 6.45) is 0. The van der Waals surface area contributed by atoms with E-state index in [1.165, 1.54) is 19.1 Å². The highest BCUT2D eigenvalue weighted by atomic mass is 16.6. The van der Waals surface area contributed by atoms with E-state index in [4.69, 9.17) is 5.73 Å². The van der Waals surface area contributed by atoms with Gasteiger partial charge >= 0.3 is 0 Å². The molecule has 0 spiro atoms. The molecule has 0 aliphatic carbocycles. The normalized spacial score (nSPS) is 9.95. The lowest BCUT2D eigenvalue weighted by Crippen LogP contribution is -2.05. The van der Waals surface area contributed by atoms with Gasteiger partial charge in [0.05, 0.1) is 4.92 Å². The monoisotopic (exact) mass is 286 g/mol. The fourth-order valence-corrected chi connectivity index (χ4v) is 1.81. The molecule has 0 aliphatic heterocycles. The molecule has 0 saturated heterocycles. The van der Waals surface area contributed by atoms with Crippen LogP contribution >= 0.6 is 0 Å². The lowest BCUT2D eigenvalue weighted by Gasteiger charge is -2.08.